The van der Waals surface area contributed by atoms with Crippen molar-refractivity contribution in [1.29, 1.82) is 0 Å². The zero-order chi connectivity index (χ0) is 19.1. The van der Waals surface area contributed by atoms with E-state index in [9.17, 15) is 22.8 Å². The predicted octanol–water partition coefficient (Wildman–Crippen LogP) is -1.91. The summed E-state index contributed by atoms with van der Waals surface area (Å²) in [5.41, 5.74) is 2.49. The molecule has 0 aromatic carbocycles. The van der Waals surface area contributed by atoms with Crippen LogP contribution < -0.4 is 10.7 Å². The lowest BCUT2D eigenvalue weighted by Gasteiger charge is -2.31. The van der Waals surface area contributed by atoms with Crippen LogP contribution in [0.5, 0.6) is 0 Å². The number of piperidine rings is 1. The van der Waals surface area contributed by atoms with Crippen molar-refractivity contribution in [3.8, 4) is 0 Å². The van der Waals surface area contributed by atoms with Gasteiger partial charge in [-0.3, -0.25) is 24.6 Å². The number of hydrogen-bond donors (Lipinski definition) is 3. The van der Waals surface area contributed by atoms with Crippen LogP contribution in [-0.4, -0.2) is 84.6 Å². The number of hydrogen-bond acceptors (Lipinski definition) is 7. The first kappa shape index (κ1) is 18.8. The van der Waals surface area contributed by atoms with E-state index in [4.69, 9.17) is 4.55 Å². The fourth-order valence-electron chi connectivity index (χ4n) is 3.54. The number of rotatable bonds is 4. The van der Waals surface area contributed by atoms with Crippen LogP contribution >= 0.6 is 0 Å². The molecule has 0 saturated carbocycles. The Labute approximate surface area is 150 Å². The molecule has 2 bridgehead atoms. The van der Waals surface area contributed by atoms with Gasteiger partial charge in [0.2, 0.25) is 5.91 Å². The van der Waals surface area contributed by atoms with Gasteiger partial charge in [-0.1, -0.05) is 0 Å². The summed E-state index contributed by atoms with van der Waals surface area (Å²) in [6, 6.07) is -2.25. The van der Waals surface area contributed by atoms with Crippen molar-refractivity contribution in [2.45, 2.75) is 31.3 Å². The van der Waals surface area contributed by atoms with Crippen molar-refractivity contribution in [3.05, 3.63) is 0 Å². The number of amides is 4. The van der Waals surface area contributed by atoms with Crippen molar-refractivity contribution in [3.63, 3.8) is 0 Å². The van der Waals surface area contributed by atoms with E-state index >= 15 is 0 Å². The van der Waals surface area contributed by atoms with Gasteiger partial charge in [-0.2, -0.15) is 13.5 Å². The Hall–Kier alpha value is -1.96. The predicted molar refractivity (Wildman–Crippen MR) is 85.3 cm³/mol. The largest absolute Gasteiger partial charge is 0.418 e. The number of carbonyl (C=O) groups is 3. The Morgan fingerprint density at radius 2 is 2.08 bits per heavy atom. The van der Waals surface area contributed by atoms with Crippen LogP contribution in [0.4, 0.5) is 4.79 Å². The lowest BCUT2D eigenvalue weighted by atomic mass is 10.0. The van der Waals surface area contributed by atoms with Crippen molar-refractivity contribution >= 4 is 28.2 Å². The highest BCUT2D eigenvalue weighted by Crippen LogP contribution is 2.30. The van der Waals surface area contributed by atoms with E-state index in [1.807, 2.05) is 0 Å². The highest BCUT2D eigenvalue weighted by atomic mass is 32.3. The SMILES string of the molecule is CN(NC(=O)[C@@H]1CC[C@@H]2CN1C(=O)N2OS(=O)(=O)O)C(=O)C1CCNC1. The van der Waals surface area contributed by atoms with Crippen molar-refractivity contribution in [2.24, 2.45) is 5.92 Å². The number of hydroxylamine groups is 2. The Morgan fingerprint density at radius 3 is 2.69 bits per heavy atom. The second-order valence-electron chi connectivity index (χ2n) is 6.57. The van der Waals surface area contributed by atoms with Crippen LogP contribution in [0.15, 0.2) is 0 Å². The molecule has 3 atom stereocenters. The summed E-state index contributed by atoms with van der Waals surface area (Å²) in [7, 11) is -3.39. The fourth-order valence-corrected chi connectivity index (χ4v) is 3.93. The minimum atomic E-state index is -4.84. The molecule has 3 fully saturated rings. The van der Waals surface area contributed by atoms with E-state index in [1.165, 1.54) is 11.9 Å². The maximum atomic E-state index is 12.5. The summed E-state index contributed by atoms with van der Waals surface area (Å²) < 4.78 is 34.8. The van der Waals surface area contributed by atoms with E-state index < -0.39 is 34.4 Å². The first-order valence-corrected chi connectivity index (χ1v) is 9.59. The molecule has 3 heterocycles. The minimum Gasteiger partial charge on any atom is -0.316 e. The molecule has 4 amide bonds. The average Bonchev–Trinajstić information content (AvgIpc) is 3.17. The number of urea groups is 1. The van der Waals surface area contributed by atoms with Gasteiger partial charge in [0.05, 0.1) is 12.0 Å². The van der Waals surface area contributed by atoms with Gasteiger partial charge in [0.15, 0.2) is 0 Å². The summed E-state index contributed by atoms with van der Waals surface area (Å²) >= 11 is 0. The van der Waals surface area contributed by atoms with Gasteiger partial charge in [-0.05, 0) is 25.8 Å². The van der Waals surface area contributed by atoms with Gasteiger partial charge in [-0.15, -0.1) is 4.28 Å². The quantitative estimate of drug-likeness (QED) is 0.371. The third-order valence-electron chi connectivity index (χ3n) is 4.82. The van der Waals surface area contributed by atoms with Gasteiger partial charge in [0, 0.05) is 20.1 Å². The number of fused-ring (bicyclic) bond motifs is 2. The van der Waals surface area contributed by atoms with Gasteiger partial charge in [0.25, 0.3) is 5.91 Å². The van der Waals surface area contributed by atoms with E-state index in [1.54, 1.807) is 0 Å². The third kappa shape index (κ3) is 3.75. The van der Waals surface area contributed by atoms with Crippen LogP contribution in [0, 0.1) is 5.92 Å². The Kier molecular flexibility index (Phi) is 5.05. The lowest BCUT2D eigenvalue weighted by molar-refractivity contribution is -0.144. The standard InChI is InChI=1S/C13H21N5O7S/c1-16(12(20)8-4-5-14-6-8)15-11(19)10-3-2-9-7-17(10)13(21)18(9)25-26(22,23)24/h8-10,14H,2-7H2,1H3,(H,15,19)(H,22,23,24)/t8?,9-,10+/m1/s1. The molecule has 3 rings (SSSR count). The minimum absolute atomic E-state index is 0.0939. The van der Waals surface area contributed by atoms with Crippen molar-refractivity contribution in [1.82, 2.24) is 25.7 Å². The number of hydrazine groups is 1. The Balaban J connectivity index is 1.62. The molecular formula is C13H21N5O7S. The maximum absolute atomic E-state index is 12.5. The third-order valence-corrected chi connectivity index (χ3v) is 5.17. The molecule has 3 aliphatic heterocycles. The summed E-state index contributed by atoms with van der Waals surface area (Å²) in [6.07, 6.45) is 1.29. The van der Waals surface area contributed by atoms with Crippen LogP contribution in [0.3, 0.4) is 0 Å². The highest BCUT2D eigenvalue weighted by molar-refractivity contribution is 7.80. The van der Waals surface area contributed by atoms with Crippen molar-refractivity contribution in [2.75, 3.05) is 26.7 Å². The number of carbonyl (C=O) groups excluding carboxylic acids is 3. The molecule has 3 N–H and O–H groups in total. The molecule has 146 valence electrons. The van der Waals surface area contributed by atoms with Gasteiger partial charge in [0.1, 0.15) is 6.04 Å². The summed E-state index contributed by atoms with van der Waals surface area (Å²) in [5.74, 6) is -0.962. The fraction of sp³-hybridized carbons (Fsp3) is 0.769. The maximum Gasteiger partial charge on any atom is 0.418 e. The molecule has 0 aromatic heterocycles. The normalized spacial score (nSPS) is 28.4. The first-order chi connectivity index (χ1) is 12.2. The van der Waals surface area contributed by atoms with Crippen LogP contribution in [0.2, 0.25) is 0 Å². The van der Waals surface area contributed by atoms with E-state index in [2.05, 4.69) is 15.0 Å². The highest BCUT2D eigenvalue weighted by Gasteiger charge is 2.49. The van der Waals surface area contributed by atoms with Gasteiger partial charge < -0.3 is 10.2 Å². The number of nitrogens with one attached hydrogen (secondary N) is 2. The zero-order valence-corrected chi connectivity index (χ0v) is 14.9. The van der Waals surface area contributed by atoms with E-state index in [0.29, 0.717) is 24.4 Å². The lowest BCUT2D eigenvalue weighted by Crippen LogP contribution is -2.55. The molecular weight excluding hydrogens is 370 g/mol. The molecule has 3 saturated heterocycles. The van der Waals surface area contributed by atoms with Gasteiger partial charge >= 0.3 is 16.4 Å². The van der Waals surface area contributed by atoms with Gasteiger partial charge in [-0.25, -0.2) is 4.79 Å². The van der Waals surface area contributed by atoms with Crippen LogP contribution in [0.1, 0.15) is 19.3 Å². The van der Waals surface area contributed by atoms with Crippen LogP contribution in [-0.2, 0) is 24.3 Å². The van der Waals surface area contributed by atoms with Crippen LogP contribution in [0.25, 0.3) is 0 Å². The Bertz CT molecular complexity index is 708. The van der Waals surface area contributed by atoms with Crippen molar-refractivity contribution < 1.29 is 31.6 Å². The molecule has 0 spiro atoms. The summed E-state index contributed by atoms with van der Waals surface area (Å²) in [6.45, 7) is 1.39. The molecule has 26 heavy (non-hydrogen) atoms. The summed E-state index contributed by atoms with van der Waals surface area (Å²) in [4.78, 5) is 38.2. The summed E-state index contributed by atoms with van der Waals surface area (Å²) in [5, 5.41) is 4.77. The Morgan fingerprint density at radius 1 is 1.35 bits per heavy atom. The molecule has 12 nitrogen and oxygen atoms in total. The monoisotopic (exact) mass is 391 g/mol. The second kappa shape index (κ2) is 6.98. The van der Waals surface area contributed by atoms with E-state index in [-0.39, 0.29) is 24.8 Å². The average molecular weight is 391 g/mol. The topological polar surface area (TPSA) is 149 Å². The molecule has 13 heteroatoms. The molecule has 0 aromatic rings. The molecule has 3 aliphatic rings. The van der Waals surface area contributed by atoms with E-state index in [0.717, 1.165) is 11.6 Å². The molecule has 0 radical (unpaired) electrons. The molecule has 1 unspecified atom stereocenters. The number of nitrogens with zero attached hydrogens (tertiary/aromatic N) is 3. The second-order valence-corrected chi connectivity index (χ2v) is 7.58. The smallest absolute Gasteiger partial charge is 0.316 e. The first-order valence-electron chi connectivity index (χ1n) is 8.23. The molecule has 0 aliphatic carbocycles. The zero-order valence-electron chi connectivity index (χ0n) is 14.1.